The molecule has 0 aliphatic heterocycles. The summed E-state index contributed by atoms with van der Waals surface area (Å²) in [6, 6.07) is 11.2. The predicted molar refractivity (Wildman–Crippen MR) is 119 cm³/mol. The Morgan fingerprint density at radius 3 is 2.45 bits per heavy atom. The number of aromatic nitrogens is 1. The molecule has 0 saturated carbocycles. The van der Waals surface area contributed by atoms with Crippen LogP contribution in [0.3, 0.4) is 0 Å². The highest BCUT2D eigenvalue weighted by Gasteiger charge is 2.23. The average Bonchev–Trinajstić information content (AvgIpc) is 3.37. The maximum Gasteiger partial charge on any atom is 0.355 e. The Kier molecular flexibility index (Phi) is 7.18. The van der Waals surface area contributed by atoms with Crippen molar-refractivity contribution in [1.82, 2.24) is 9.88 Å². The number of nitrogens with zero attached hydrogens (tertiary/aromatic N) is 1. The van der Waals surface area contributed by atoms with Gasteiger partial charge in [-0.1, -0.05) is 19.1 Å². The van der Waals surface area contributed by atoms with Gasteiger partial charge in [-0.25, -0.2) is 9.59 Å². The van der Waals surface area contributed by atoms with Gasteiger partial charge in [-0.15, -0.1) is 0 Å². The number of amides is 2. The summed E-state index contributed by atoms with van der Waals surface area (Å²) in [6.45, 7) is 8.51. The van der Waals surface area contributed by atoms with Gasteiger partial charge >= 0.3 is 12.0 Å². The van der Waals surface area contributed by atoms with Crippen molar-refractivity contribution in [3.8, 4) is 0 Å². The van der Waals surface area contributed by atoms with Crippen LogP contribution in [0.5, 0.6) is 0 Å². The van der Waals surface area contributed by atoms with Gasteiger partial charge in [0.15, 0.2) is 0 Å². The van der Waals surface area contributed by atoms with Crippen LogP contribution in [-0.4, -0.2) is 28.5 Å². The highest BCUT2D eigenvalue weighted by molar-refractivity contribution is 5.91. The van der Waals surface area contributed by atoms with Crippen LogP contribution in [0, 0.1) is 13.8 Å². The minimum Gasteiger partial charge on any atom is -0.467 e. The lowest BCUT2D eigenvalue weighted by molar-refractivity contribution is 0.0519. The SMILES string of the molecule is CCOC(=O)c1[nH]c(C)c(CN(Cc2ccco2)C(=O)Nc2ccc(CC)cc2)c1C. The van der Waals surface area contributed by atoms with Crippen molar-refractivity contribution >= 4 is 17.7 Å². The van der Waals surface area contributed by atoms with E-state index in [1.54, 1.807) is 24.2 Å². The van der Waals surface area contributed by atoms with Crippen LogP contribution in [0.15, 0.2) is 47.1 Å². The first-order chi connectivity index (χ1) is 14.9. The van der Waals surface area contributed by atoms with E-state index in [0.29, 0.717) is 31.2 Å². The maximum atomic E-state index is 13.1. The Bertz CT molecular complexity index is 1020. The van der Waals surface area contributed by atoms with Gasteiger partial charge in [0.25, 0.3) is 0 Å². The molecule has 7 nitrogen and oxygen atoms in total. The van der Waals surface area contributed by atoms with Crippen molar-refractivity contribution in [2.24, 2.45) is 0 Å². The van der Waals surface area contributed by atoms with E-state index in [-0.39, 0.29) is 6.03 Å². The van der Waals surface area contributed by atoms with Crippen LogP contribution in [0.2, 0.25) is 0 Å². The van der Waals surface area contributed by atoms with Gasteiger partial charge in [-0.05, 0) is 68.1 Å². The molecule has 0 spiro atoms. The summed E-state index contributed by atoms with van der Waals surface area (Å²) in [5, 5.41) is 2.96. The third kappa shape index (κ3) is 5.36. The molecule has 2 aromatic heterocycles. The number of carbonyl (C=O) groups is 2. The third-order valence-electron chi connectivity index (χ3n) is 5.25. The number of hydrogen-bond acceptors (Lipinski definition) is 4. The van der Waals surface area contributed by atoms with Crippen LogP contribution in [0.25, 0.3) is 0 Å². The van der Waals surface area contributed by atoms with Crippen molar-refractivity contribution in [1.29, 1.82) is 0 Å². The Morgan fingerprint density at radius 2 is 1.84 bits per heavy atom. The first kappa shape index (κ1) is 22.2. The zero-order valence-electron chi connectivity index (χ0n) is 18.5. The van der Waals surface area contributed by atoms with Crippen molar-refractivity contribution < 1.29 is 18.7 Å². The summed E-state index contributed by atoms with van der Waals surface area (Å²) >= 11 is 0. The largest absolute Gasteiger partial charge is 0.467 e. The predicted octanol–water partition coefficient (Wildman–Crippen LogP) is 5.20. The van der Waals surface area contributed by atoms with Crippen LogP contribution < -0.4 is 5.32 Å². The third-order valence-corrected chi connectivity index (χ3v) is 5.25. The number of nitrogens with one attached hydrogen (secondary N) is 2. The molecule has 0 radical (unpaired) electrons. The van der Waals surface area contributed by atoms with Crippen molar-refractivity contribution in [3.05, 3.63) is 76.5 Å². The number of ether oxygens (including phenoxy) is 1. The van der Waals surface area contributed by atoms with Crippen molar-refractivity contribution in [2.45, 2.75) is 47.2 Å². The molecule has 164 valence electrons. The Balaban J connectivity index is 1.83. The zero-order valence-corrected chi connectivity index (χ0v) is 18.5. The Hall–Kier alpha value is -3.48. The number of hydrogen-bond donors (Lipinski definition) is 2. The number of furan rings is 1. The van der Waals surface area contributed by atoms with Gasteiger partial charge in [0.1, 0.15) is 11.5 Å². The van der Waals surface area contributed by atoms with E-state index < -0.39 is 5.97 Å². The number of H-pyrrole nitrogens is 1. The highest BCUT2D eigenvalue weighted by Crippen LogP contribution is 2.22. The van der Waals surface area contributed by atoms with E-state index in [1.165, 1.54) is 5.56 Å². The molecule has 7 heteroatoms. The second-order valence-corrected chi connectivity index (χ2v) is 7.37. The van der Waals surface area contributed by atoms with Crippen LogP contribution in [-0.2, 0) is 24.2 Å². The first-order valence-electron chi connectivity index (χ1n) is 10.4. The fourth-order valence-electron chi connectivity index (χ4n) is 3.44. The van der Waals surface area contributed by atoms with E-state index in [9.17, 15) is 9.59 Å². The molecular weight excluding hydrogens is 394 g/mol. The van der Waals surface area contributed by atoms with Gasteiger partial charge in [0.05, 0.1) is 19.4 Å². The van der Waals surface area contributed by atoms with Crippen LogP contribution in [0.4, 0.5) is 10.5 Å². The maximum absolute atomic E-state index is 13.1. The number of carbonyl (C=O) groups excluding carboxylic acids is 2. The molecule has 0 fully saturated rings. The number of rotatable bonds is 8. The molecule has 0 atom stereocenters. The lowest BCUT2D eigenvalue weighted by Gasteiger charge is -2.23. The molecule has 0 unspecified atom stereocenters. The molecule has 3 rings (SSSR count). The molecule has 3 aromatic rings. The molecule has 0 aliphatic carbocycles. The summed E-state index contributed by atoms with van der Waals surface area (Å²) in [7, 11) is 0. The number of esters is 1. The molecule has 31 heavy (non-hydrogen) atoms. The topological polar surface area (TPSA) is 87.6 Å². The standard InChI is InChI=1S/C24H29N3O4/c1-5-18-9-11-19(12-10-18)26-24(29)27(14-20-8-7-13-31-20)15-21-16(3)22(25-17(21)4)23(28)30-6-2/h7-13,25H,5-6,14-15H2,1-4H3,(H,26,29). The van der Waals surface area contributed by atoms with Crippen molar-refractivity contribution in [3.63, 3.8) is 0 Å². The summed E-state index contributed by atoms with van der Waals surface area (Å²) in [5.74, 6) is 0.278. The molecule has 1 aromatic carbocycles. The first-order valence-corrected chi connectivity index (χ1v) is 10.4. The van der Waals surface area contributed by atoms with E-state index in [0.717, 1.165) is 28.9 Å². The quantitative estimate of drug-likeness (QED) is 0.488. The Labute approximate surface area is 182 Å². The molecule has 2 heterocycles. The number of aromatic amines is 1. The van der Waals surface area contributed by atoms with Gasteiger partial charge in [-0.3, -0.25) is 0 Å². The number of benzene rings is 1. The number of anilines is 1. The average molecular weight is 424 g/mol. The molecule has 0 aliphatic rings. The second kappa shape index (κ2) is 10.0. The normalized spacial score (nSPS) is 10.7. The van der Waals surface area contributed by atoms with Gasteiger partial charge in [0.2, 0.25) is 0 Å². The van der Waals surface area contributed by atoms with Crippen molar-refractivity contribution in [2.75, 3.05) is 11.9 Å². The second-order valence-electron chi connectivity index (χ2n) is 7.37. The van der Waals surface area contributed by atoms with E-state index >= 15 is 0 Å². The molecule has 2 N–H and O–H groups in total. The molecule has 0 bridgehead atoms. The van der Waals surface area contributed by atoms with Gasteiger partial charge < -0.3 is 24.4 Å². The fourth-order valence-corrected chi connectivity index (χ4v) is 3.44. The summed E-state index contributed by atoms with van der Waals surface area (Å²) in [5.41, 5.74) is 4.83. The minimum atomic E-state index is -0.396. The summed E-state index contributed by atoms with van der Waals surface area (Å²) in [6.07, 6.45) is 2.52. The molecule has 0 saturated heterocycles. The monoisotopic (exact) mass is 423 g/mol. The van der Waals surface area contributed by atoms with Gasteiger partial charge in [-0.2, -0.15) is 0 Å². The molecule has 2 amide bonds. The van der Waals surface area contributed by atoms with Crippen LogP contribution in [0.1, 0.15) is 52.5 Å². The van der Waals surface area contributed by atoms with E-state index in [4.69, 9.17) is 9.15 Å². The van der Waals surface area contributed by atoms with E-state index in [2.05, 4.69) is 17.2 Å². The summed E-state index contributed by atoms with van der Waals surface area (Å²) < 4.78 is 10.6. The lowest BCUT2D eigenvalue weighted by atomic mass is 10.1. The lowest BCUT2D eigenvalue weighted by Crippen LogP contribution is -2.34. The fraction of sp³-hybridized carbons (Fsp3) is 0.333. The smallest absolute Gasteiger partial charge is 0.355 e. The zero-order chi connectivity index (χ0) is 22.4. The van der Waals surface area contributed by atoms with Crippen LogP contribution >= 0.6 is 0 Å². The molecular formula is C24H29N3O4. The van der Waals surface area contributed by atoms with E-state index in [1.807, 2.05) is 44.2 Å². The number of urea groups is 1. The Morgan fingerprint density at radius 1 is 1.10 bits per heavy atom. The van der Waals surface area contributed by atoms with Gasteiger partial charge in [0, 0.05) is 17.9 Å². The number of aryl methyl sites for hydroxylation is 2. The highest BCUT2D eigenvalue weighted by atomic mass is 16.5. The summed E-state index contributed by atoms with van der Waals surface area (Å²) in [4.78, 5) is 30.1. The minimum absolute atomic E-state index is 0.252.